The largest absolute Gasteiger partial charge is 0.398 e. The van der Waals surface area contributed by atoms with Crippen molar-refractivity contribution in [1.82, 2.24) is 14.5 Å². The summed E-state index contributed by atoms with van der Waals surface area (Å²) in [6.07, 6.45) is 4.11. The lowest BCUT2D eigenvalue weighted by Gasteiger charge is -2.07. The van der Waals surface area contributed by atoms with Gasteiger partial charge in [-0.25, -0.2) is 13.1 Å². The fraction of sp³-hybridized carbons (Fsp3) is 0.250. The van der Waals surface area contributed by atoms with Crippen molar-refractivity contribution in [2.75, 3.05) is 12.3 Å². The Morgan fingerprint density at radius 2 is 2.20 bits per heavy atom. The Balaban J connectivity index is 2.02. The highest BCUT2D eigenvalue weighted by Crippen LogP contribution is 2.22. The van der Waals surface area contributed by atoms with Crippen molar-refractivity contribution < 1.29 is 8.42 Å². The fourth-order valence-electron chi connectivity index (χ4n) is 1.69. The first-order valence-electron chi connectivity index (χ1n) is 5.91. The summed E-state index contributed by atoms with van der Waals surface area (Å²) < 4.78 is 28.3. The van der Waals surface area contributed by atoms with Crippen LogP contribution in [0.1, 0.15) is 5.56 Å². The molecule has 0 unspecified atom stereocenters. The lowest BCUT2D eigenvalue weighted by molar-refractivity contribution is 0.581. The standard InChI is InChI=1S/C12H15ClN4O2S/c1-17-8-9(7-15-17)4-5-16-20(18,19)10-2-3-12(14)11(13)6-10/h2-3,6-8,16H,4-5,14H2,1H3. The van der Waals surface area contributed by atoms with Gasteiger partial charge in [0.25, 0.3) is 0 Å². The summed E-state index contributed by atoms with van der Waals surface area (Å²) in [5, 5.41) is 4.24. The summed E-state index contributed by atoms with van der Waals surface area (Å²) in [4.78, 5) is 0.0999. The quantitative estimate of drug-likeness (QED) is 0.811. The van der Waals surface area contributed by atoms with Crippen molar-refractivity contribution in [2.24, 2.45) is 7.05 Å². The number of benzene rings is 1. The lowest BCUT2D eigenvalue weighted by atomic mass is 10.3. The predicted molar refractivity (Wildman–Crippen MR) is 78.0 cm³/mol. The lowest BCUT2D eigenvalue weighted by Crippen LogP contribution is -2.26. The van der Waals surface area contributed by atoms with E-state index in [2.05, 4.69) is 9.82 Å². The minimum absolute atomic E-state index is 0.0999. The third kappa shape index (κ3) is 3.50. The van der Waals surface area contributed by atoms with Gasteiger partial charge in [-0.2, -0.15) is 5.10 Å². The molecule has 0 saturated heterocycles. The average molecular weight is 315 g/mol. The molecule has 8 heteroatoms. The van der Waals surface area contributed by atoms with Gasteiger partial charge in [0.2, 0.25) is 10.0 Å². The summed E-state index contributed by atoms with van der Waals surface area (Å²) in [7, 11) is -1.77. The van der Waals surface area contributed by atoms with Gasteiger partial charge in [0.15, 0.2) is 0 Å². The molecule has 0 aliphatic heterocycles. The second-order valence-corrected chi connectivity index (χ2v) is 6.53. The molecule has 1 aromatic carbocycles. The van der Waals surface area contributed by atoms with Crippen LogP contribution in [-0.2, 0) is 23.5 Å². The molecular weight excluding hydrogens is 300 g/mol. The maximum atomic E-state index is 12.1. The van der Waals surface area contributed by atoms with Crippen LogP contribution in [0.4, 0.5) is 5.69 Å². The van der Waals surface area contributed by atoms with E-state index >= 15 is 0 Å². The van der Waals surface area contributed by atoms with E-state index in [1.165, 1.54) is 18.2 Å². The minimum atomic E-state index is -3.58. The fourth-order valence-corrected chi connectivity index (χ4v) is 2.99. The van der Waals surface area contributed by atoms with Gasteiger partial charge in [-0.05, 0) is 30.2 Å². The molecule has 2 aromatic rings. The Bertz CT molecular complexity index is 712. The van der Waals surface area contributed by atoms with E-state index in [0.29, 0.717) is 12.1 Å². The van der Waals surface area contributed by atoms with E-state index in [9.17, 15) is 8.42 Å². The normalized spacial score (nSPS) is 11.7. The van der Waals surface area contributed by atoms with E-state index in [1.54, 1.807) is 10.9 Å². The topological polar surface area (TPSA) is 90.0 Å². The van der Waals surface area contributed by atoms with Gasteiger partial charge in [-0.3, -0.25) is 4.68 Å². The number of aromatic nitrogens is 2. The Kier molecular flexibility index (Phi) is 4.32. The summed E-state index contributed by atoms with van der Waals surface area (Å²) >= 11 is 5.82. The highest BCUT2D eigenvalue weighted by Gasteiger charge is 2.14. The third-order valence-corrected chi connectivity index (χ3v) is 4.53. The zero-order valence-corrected chi connectivity index (χ0v) is 12.4. The number of nitrogens with two attached hydrogens (primary N) is 1. The summed E-state index contributed by atoms with van der Waals surface area (Å²) in [6.45, 7) is 0.288. The highest BCUT2D eigenvalue weighted by molar-refractivity contribution is 7.89. The molecule has 3 N–H and O–H groups in total. The summed E-state index contributed by atoms with van der Waals surface area (Å²) in [6, 6.07) is 4.23. The monoisotopic (exact) mass is 314 g/mol. The molecule has 0 fully saturated rings. The zero-order chi connectivity index (χ0) is 14.8. The van der Waals surface area contributed by atoms with Gasteiger partial charge in [-0.1, -0.05) is 11.6 Å². The Morgan fingerprint density at radius 1 is 1.45 bits per heavy atom. The van der Waals surface area contributed by atoms with Crippen LogP contribution in [0, 0.1) is 0 Å². The molecule has 0 spiro atoms. The van der Waals surface area contributed by atoms with Gasteiger partial charge >= 0.3 is 0 Å². The van der Waals surface area contributed by atoms with Gasteiger partial charge in [0.1, 0.15) is 0 Å². The van der Waals surface area contributed by atoms with Crippen molar-refractivity contribution >= 4 is 27.3 Å². The molecule has 0 aliphatic carbocycles. The number of nitrogen functional groups attached to an aromatic ring is 1. The van der Waals surface area contributed by atoms with E-state index < -0.39 is 10.0 Å². The van der Waals surface area contributed by atoms with Crippen molar-refractivity contribution in [1.29, 1.82) is 0 Å². The van der Waals surface area contributed by atoms with Crippen LogP contribution in [0.5, 0.6) is 0 Å². The molecule has 6 nitrogen and oxygen atoms in total. The van der Waals surface area contributed by atoms with Gasteiger partial charge in [0, 0.05) is 19.8 Å². The molecule has 0 amide bonds. The van der Waals surface area contributed by atoms with Crippen LogP contribution in [-0.4, -0.2) is 24.7 Å². The molecule has 0 saturated carbocycles. The van der Waals surface area contributed by atoms with Crippen LogP contribution < -0.4 is 10.5 Å². The molecule has 2 rings (SSSR count). The second-order valence-electron chi connectivity index (χ2n) is 4.35. The van der Waals surface area contributed by atoms with E-state index in [4.69, 9.17) is 17.3 Å². The van der Waals surface area contributed by atoms with Crippen LogP contribution >= 0.6 is 11.6 Å². The first kappa shape index (κ1) is 14.8. The second kappa shape index (κ2) is 5.82. The summed E-state index contributed by atoms with van der Waals surface area (Å²) in [5.41, 5.74) is 6.87. The Labute approximate surface area is 122 Å². The Hall–Kier alpha value is -1.57. The molecular formula is C12H15ClN4O2S. The number of hydrogen-bond acceptors (Lipinski definition) is 4. The smallest absolute Gasteiger partial charge is 0.240 e. The number of hydrogen-bond donors (Lipinski definition) is 2. The molecule has 0 aliphatic rings. The van der Waals surface area contributed by atoms with Gasteiger partial charge in [-0.15, -0.1) is 0 Å². The van der Waals surface area contributed by atoms with Crippen molar-refractivity contribution in [3.05, 3.63) is 41.2 Å². The number of nitrogens with zero attached hydrogens (tertiary/aromatic N) is 2. The molecule has 1 aromatic heterocycles. The van der Waals surface area contributed by atoms with Crippen LogP contribution in [0.15, 0.2) is 35.5 Å². The molecule has 0 bridgehead atoms. The predicted octanol–water partition coefficient (Wildman–Crippen LogP) is 1.18. The van der Waals surface area contributed by atoms with Crippen LogP contribution in [0.3, 0.4) is 0 Å². The molecule has 108 valence electrons. The molecule has 0 atom stereocenters. The average Bonchev–Trinajstić information content (AvgIpc) is 2.78. The number of rotatable bonds is 5. The van der Waals surface area contributed by atoms with E-state index in [0.717, 1.165) is 5.56 Å². The number of sulfonamides is 1. The highest BCUT2D eigenvalue weighted by atomic mass is 35.5. The number of aryl methyl sites for hydroxylation is 1. The van der Waals surface area contributed by atoms with Crippen LogP contribution in [0.2, 0.25) is 5.02 Å². The van der Waals surface area contributed by atoms with Crippen molar-refractivity contribution in [3.63, 3.8) is 0 Å². The number of anilines is 1. The molecule has 0 radical (unpaired) electrons. The molecule has 20 heavy (non-hydrogen) atoms. The van der Waals surface area contributed by atoms with E-state index in [1.807, 2.05) is 13.2 Å². The maximum Gasteiger partial charge on any atom is 0.240 e. The zero-order valence-electron chi connectivity index (χ0n) is 10.9. The van der Waals surface area contributed by atoms with E-state index in [-0.39, 0.29) is 16.5 Å². The van der Waals surface area contributed by atoms with Crippen molar-refractivity contribution in [2.45, 2.75) is 11.3 Å². The summed E-state index contributed by atoms with van der Waals surface area (Å²) in [5.74, 6) is 0. The van der Waals surface area contributed by atoms with Gasteiger partial charge in [0.05, 0.1) is 21.8 Å². The number of nitrogens with one attached hydrogen (secondary N) is 1. The van der Waals surface area contributed by atoms with Crippen LogP contribution in [0.25, 0.3) is 0 Å². The Morgan fingerprint density at radius 3 is 2.80 bits per heavy atom. The first-order valence-corrected chi connectivity index (χ1v) is 7.77. The molecule has 1 heterocycles. The minimum Gasteiger partial charge on any atom is -0.398 e. The maximum absolute atomic E-state index is 12.1. The van der Waals surface area contributed by atoms with Crippen molar-refractivity contribution in [3.8, 4) is 0 Å². The first-order chi connectivity index (χ1) is 9.38. The number of halogens is 1. The SMILES string of the molecule is Cn1cc(CCNS(=O)(=O)c2ccc(N)c(Cl)c2)cn1. The van der Waals surface area contributed by atoms with Gasteiger partial charge < -0.3 is 5.73 Å². The third-order valence-electron chi connectivity index (χ3n) is 2.75.